The standard InChI is InChI=1S/C21H24N4O4/c1-2-20-23-21(24-29-20)15-5-6-18-13(7-15)3-4-14(18)8-19(28)16-9-22-25(10-16)11-17(27)12-26/h5-7,9-10,14,17,26-27H,2-4,8,11-12H2,1H3/t14-,17-/m0/s1. The van der Waals surface area contributed by atoms with E-state index in [1.807, 2.05) is 13.0 Å². The summed E-state index contributed by atoms with van der Waals surface area (Å²) in [5, 5.41) is 26.6. The summed E-state index contributed by atoms with van der Waals surface area (Å²) in [5.74, 6) is 1.43. The number of Topliss-reactive ketones (excluding diaryl/α,β-unsaturated/α-hetero) is 1. The van der Waals surface area contributed by atoms with E-state index in [4.69, 9.17) is 9.63 Å². The number of aliphatic hydroxyl groups is 2. The number of nitrogens with zero attached hydrogens (tertiary/aromatic N) is 4. The van der Waals surface area contributed by atoms with E-state index in [1.54, 1.807) is 6.20 Å². The van der Waals surface area contributed by atoms with Crippen molar-refractivity contribution >= 4 is 5.78 Å². The highest BCUT2D eigenvalue weighted by Gasteiger charge is 2.26. The first-order valence-electron chi connectivity index (χ1n) is 9.87. The van der Waals surface area contributed by atoms with E-state index >= 15 is 0 Å². The number of carbonyl (C=O) groups excluding carboxylic acids is 1. The monoisotopic (exact) mass is 396 g/mol. The Kier molecular flexibility index (Phi) is 5.55. The van der Waals surface area contributed by atoms with Crippen molar-refractivity contribution in [1.82, 2.24) is 19.9 Å². The van der Waals surface area contributed by atoms with Crippen molar-refractivity contribution < 1.29 is 19.5 Å². The van der Waals surface area contributed by atoms with Gasteiger partial charge in [0.25, 0.3) is 0 Å². The predicted octanol–water partition coefficient (Wildman–Crippen LogP) is 2.15. The highest BCUT2D eigenvalue weighted by atomic mass is 16.5. The molecule has 0 saturated heterocycles. The number of hydrogen-bond acceptors (Lipinski definition) is 7. The molecule has 0 radical (unpaired) electrons. The summed E-state index contributed by atoms with van der Waals surface area (Å²) in [6.07, 6.45) is 5.23. The second-order valence-electron chi connectivity index (χ2n) is 7.43. The van der Waals surface area contributed by atoms with E-state index in [0.29, 0.717) is 30.1 Å². The molecule has 0 amide bonds. The van der Waals surface area contributed by atoms with Gasteiger partial charge in [-0.3, -0.25) is 9.48 Å². The van der Waals surface area contributed by atoms with Gasteiger partial charge in [0, 0.05) is 24.6 Å². The van der Waals surface area contributed by atoms with E-state index in [9.17, 15) is 9.90 Å². The van der Waals surface area contributed by atoms with Crippen molar-refractivity contribution in [1.29, 1.82) is 0 Å². The average Bonchev–Trinajstić information content (AvgIpc) is 3.47. The maximum atomic E-state index is 12.7. The lowest BCUT2D eigenvalue weighted by Crippen LogP contribution is -2.20. The fourth-order valence-electron chi connectivity index (χ4n) is 3.80. The topological polar surface area (TPSA) is 114 Å². The second-order valence-corrected chi connectivity index (χ2v) is 7.43. The van der Waals surface area contributed by atoms with Gasteiger partial charge in [-0.15, -0.1) is 0 Å². The zero-order chi connectivity index (χ0) is 20.4. The van der Waals surface area contributed by atoms with Gasteiger partial charge in [0.2, 0.25) is 11.7 Å². The summed E-state index contributed by atoms with van der Waals surface area (Å²) in [5.41, 5.74) is 3.89. The van der Waals surface area contributed by atoms with Crippen LogP contribution < -0.4 is 0 Å². The molecule has 2 N–H and O–H groups in total. The number of benzene rings is 1. The van der Waals surface area contributed by atoms with Crippen LogP contribution in [-0.4, -0.2) is 48.6 Å². The maximum Gasteiger partial charge on any atom is 0.226 e. The molecule has 0 unspecified atom stereocenters. The lowest BCUT2D eigenvalue weighted by Gasteiger charge is -2.10. The minimum Gasteiger partial charge on any atom is -0.394 e. The van der Waals surface area contributed by atoms with Gasteiger partial charge in [-0.05, 0) is 36.0 Å². The molecule has 152 valence electrons. The molecule has 4 rings (SSSR count). The third-order valence-electron chi connectivity index (χ3n) is 5.37. The number of carbonyl (C=O) groups is 1. The highest BCUT2D eigenvalue weighted by molar-refractivity contribution is 5.96. The molecule has 2 aromatic heterocycles. The molecule has 1 aromatic carbocycles. The van der Waals surface area contributed by atoms with Crippen LogP contribution in [0, 0.1) is 0 Å². The minimum absolute atomic E-state index is 0.0300. The smallest absolute Gasteiger partial charge is 0.226 e. The van der Waals surface area contributed by atoms with E-state index in [2.05, 4.69) is 27.4 Å². The van der Waals surface area contributed by atoms with Crippen LogP contribution in [0.25, 0.3) is 11.4 Å². The number of fused-ring (bicyclic) bond motifs is 1. The van der Waals surface area contributed by atoms with E-state index in [1.165, 1.54) is 22.0 Å². The Labute approximate surface area is 168 Å². The second kappa shape index (κ2) is 8.26. The molecule has 1 aliphatic rings. The number of hydrogen-bond donors (Lipinski definition) is 2. The van der Waals surface area contributed by atoms with Gasteiger partial charge in [-0.1, -0.05) is 24.2 Å². The molecular formula is C21H24N4O4. The number of aliphatic hydroxyl groups excluding tert-OH is 2. The lowest BCUT2D eigenvalue weighted by atomic mass is 9.93. The summed E-state index contributed by atoms with van der Waals surface area (Å²) >= 11 is 0. The summed E-state index contributed by atoms with van der Waals surface area (Å²) < 4.78 is 6.68. The molecule has 0 bridgehead atoms. The van der Waals surface area contributed by atoms with Gasteiger partial charge >= 0.3 is 0 Å². The van der Waals surface area contributed by atoms with Crippen LogP contribution in [-0.2, 0) is 19.4 Å². The Bertz CT molecular complexity index is 1010. The van der Waals surface area contributed by atoms with E-state index < -0.39 is 6.10 Å². The molecule has 2 heterocycles. The first-order chi connectivity index (χ1) is 14.1. The Hall–Kier alpha value is -2.84. The molecule has 8 heteroatoms. The molecule has 1 aliphatic carbocycles. The van der Waals surface area contributed by atoms with Crippen molar-refractivity contribution in [3.8, 4) is 11.4 Å². The van der Waals surface area contributed by atoms with Crippen LogP contribution in [0.2, 0.25) is 0 Å². The van der Waals surface area contributed by atoms with Gasteiger partial charge in [-0.25, -0.2) is 0 Å². The normalized spacial score (nSPS) is 16.7. The van der Waals surface area contributed by atoms with Gasteiger partial charge in [0.05, 0.1) is 31.0 Å². The molecule has 8 nitrogen and oxygen atoms in total. The quantitative estimate of drug-likeness (QED) is 0.561. The molecule has 2 atom stereocenters. The SMILES string of the molecule is CCc1nc(-c2ccc3c(c2)CC[C@H]3CC(=O)c2cnn(C[C@H](O)CO)c2)no1. The maximum absolute atomic E-state index is 12.7. The molecule has 0 saturated carbocycles. The van der Waals surface area contributed by atoms with Crippen LogP contribution in [0.1, 0.15) is 53.1 Å². The van der Waals surface area contributed by atoms with Crippen LogP contribution in [0.15, 0.2) is 35.1 Å². The summed E-state index contributed by atoms with van der Waals surface area (Å²) in [6, 6.07) is 6.15. The van der Waals surface area contributed by atoms with Gasteiger partial charge in [0.15, 0.2) is 5.78 Å². The van der Waals surface area contributed by atoms with Crippen LogP contribution >= 0.6 is 0 Å². The van der Waals surface area contributed by atoms with Crippen molar-refractivity contribution in [2.45, 2.75) is 51.2 Å². The summed E-state index contributed by atoms with van der Waals surface area (Å²) in [7, 11) is 0. The molecule has 0 aliphatic heterocycles. The predicted molar refractivity (Wildman–Crippen MR) is 104 cm³/mol. The Morgan fingerprint density at radius 3 is 3.03 bits per heavy atom. The minimum atomic E-state index is -0.888. The molecule has 3 aromatic rings. The summed E-state index contributed by atoms with van der Waals surface area (Å²) in [4.78, 5) is 17.1. The van der Waals surface area contributed by atoms with Crippen molar-refractivity contribution in [2.24, 2.45) is 0 Å². The van der Waals surface area contributed by atoms with E-state index in [0.717, 1.165) is 18.4 Å². The van der Waals surface area contributed by atoms with E-state index in [-0.39, 0.29) is 24.9 Å². The third-order valence-corrected chi connectivity index (χ3v) is 5.37. The number of aromatic nitrogens is 4. The van der Waals surface area contributed by atoms with Gasteiger partial charge in [0.1, 0.15) is 0 Å². The summed E-state index contributed by atoms with van der Waals surface area (Å²) in [6.45, 7) is 1.79. The Morgan fingerprint density at radius 2 is 2.28 bits per heavy atom. The van der Waals surface area contributed by atoms with Crippen LogP contribution in [0.5, 0.6) is 0 Å². The number of rotatable bonds is 8. The highest BCUT2D eigenvalue weighted by Crippen LogP contribution is 2.38. The lowest BCUT2D eigenvalue weighted by molar-refractivity contribution is 0.0782. The van der Waals surface area contributed by atoms with Gasteiger partial charge < -0.3 is 14.7 Å². The number of ketones is 1. The molecule has 0 fully saturated rings. The Morgan fingerprint density at radius 1 is 1.41 bits per heavy atom. The van der Waals surface area contributed by atoms with Crippen LogP contribution in [0.3, 0.4) is 0 Å². The third kappa shape index (κ3) is 4.13. The fraction of sp³-hybridized carbons (Fsp3) is 0.429. The average molecular weight is 396 g/mol. The fourth-order valence-corrected chi connectivity index (χ4v) is 3.80. The molecule has 29 heavy (non-hydrogen) atoms. The van der Waals surface area contributed by atoms with Gasteiger partial charge in [-0.2, -0.15) is 10.1 Å². The van der Waals surface area contributed by atoms with Crippen molar-refractivity contribution in [2.75, 3.05) is 6.61 Å². The number of aryl methyl sites for hydroxylation is 2. The zero-order valence-electron chi connectivity index (χ0n) is 16.3. The molecule has 0 spiro atoms. The molecular weight excluding hydrogens is 372 g/mol. The van der Waals surface area contributed by atoms with Crippen molar-refractivity contribution in [3.05, 3.63) is 53.2 Å². The largest absolute Gasteiger partial charge is 0.394 e. The first kappa shape index (κ1) is 19.5. The first-order valence-corrected chi connectivity index (χ1v) is 9.87. The van der Waals surface area contributed by atoms with Crippen LogP contribution in [0.4, 0.5) is 0 Å². The Balaban J connectivity index is 1.45. The zero-order valence-corrected chi connectivity index (χ0v) is 16.3. The van der Waals surface area contributed by atoms with Crippen molar-refractivity contribution in [3.63, 3.8) is 0 Å².